The van der Waals surface area contributed by atoms with Crippen LogP contribution in [0, 0.1) is 5.82 Å². The summed E-state index contributed by atoms with van der Waals surface area (Å²) in [5.74, 6) is -0.500. The minimum Gasteiger partial charge on any atom is -0.229 e. The van der Waals surface area contributed by atoms with Crippen LogP contribution in [0.1, 0.15) is 0 Å². The summed E-state index contributed by atoms with van der Waals surface area (Å²) < 4.78 is 13.9. The molecule has 0 N–H and O–H groups in total. The molecule has 0 bridgehead atoms. The van der Waals surface area contributed by atoms with Crippen molar-refractivity contribution in [3.63, 3.8) is 0 Å². The summed E-state index contributed by atoms with van der Waals surface area (Å²) in [6.07, 6.45) is 0. The van der Waals surface area contributed by atoms with Crippen molar-refractivity contribution in [3.8, 4) is 11.3 Å². The first-order valence-electron chi connectivity index (χ1n) is 3.84. The highest BCUT2D eigenvalue weighted by atomic mass is 79.9. The molecule has 0 aliphatic carbocycles. The molecule has 0 unspecified atom stereocenters. The fourth-order valence-corrected chi connectivity index (χ4v) is 2.69. The summed E-state index contributed by atoms with van der Waals surface area (Å²) in [5, 5.41) is 2.15. The Hall–Kier alpha value is -0.160. The summed E-state index contributed by atoms with van der Waals surface area (Å²) in [4.78, 5) is 4.14. The molecule has 1 nitrogen and oxygen atoms in total. The van der Waals surface area contributed by atoms with Crippen LogP contribution in [0.15, 0.2) is 21.4 Å². The quantitative estimate of drug-likeness (QED) is 0.671. The average molecular weight is 327 g/mol. The monoisotopic (exact) mass is 325 g/mol. The van der Waals surface area contributed by atoms with Crippen molar-refractivity contribution in [2.45, 2.75) is 0 Å². The van der Waals surface area contributed by atoms with Crippen LogP contribution >= 0.6 is 50.5 Å². The first kappa shape index (κ1) is 11.3. The lowest BCUT2D eigenvalue weighted by Crippen LogP contribution is -1.85. The lowest BCUT2D eigenvalue weighted by Gasteiger charge is -2.04. The SMILES string of the molecule is Fc1ccc(Cl)c(-c2csc(Br)n2)c1Cl. The van der Waals surface area contributed by atoms with Crippen LogP contribution in [-0.2, 0) is 0 Å². The number of thiazole rings is 1. The highest BCUT2D eigenvalue weighted by Gasteiger charge is 2.14. The topological polar surface area (TPSA) is 12.9 Å². The highest BCUT2D eigenvalue weighted by molar-refractivity contribution is 9.11. The Kier molecular flexibility index (Phi) is 3.30. The van der Waals surface area contributed by atoms with Crippen molar-refractivity contribution >= 4 is 50.5 Å². The molecular formula is C9H3BrCl2FNS. The Labute approximate surface area is 108 Å². The normalized spacial score (nSPS) is 10.7. The van der Waals surface area contributed by atoms with E-state index in [-0.39, 0.29) is 5.02 Å². The number of hydrogen-bond acceptors (Lipinski definition) is 2. The zero-order valence-electron chi connectivity index (χ0n) is 7.10. The van der Waals surface area contributed by atoms with Gasteiger partial charge in [-0.3, -0.25) is 0 Å². The molecule has 0 radical (unpaired) electrons. The van der Waals surface area contributed by atoms with E-state index < -0.39 is 5.82 Å². The number of nitrogens with zero attached hydrogens (tertiary/aromatic N) is 1. The second-order valence-electron chi connectivity index (χ2n) is 2.70. The van der Waals surface area contributed by atoms with Crippen molar-refractivity contribution in [1.82, 2.24) is 4.98 Å². The summed E-state index contributed by atoms with van der Waals surface area (Å²) in [7, 11) is 0. The lowest BCUT2D eigenvalue weighted by molar-refractivity contribution is 0.628. The van der Waals surface area contributed by atoms with Gasteiger partial charge in [0.15, 0.2) is 3.92 Å². The van der Waals surface area contributed by atoms with Crippen LogP contribution in [-0.4, -0.2) is 4.98 Å². The molecule has 0 fully saturated rings. The predicted octanol–water partition coefficient (Wildman–Crippen LogP) is 5.02. The van der Waals surface area contributed by atoms with E-state index in [1.165, 1.54) is 23.5 Å². The number of hydrogen-bond donors (Lipinski definition) is 0. The van der Waals surface area contributed by atoms with Crippen molar-refractivity contribution in [2.75, 3.05) is 0 Å². The van der Waals surface area contributed by atoms with Crippen LogP contribution in [0.3, 0.4) is 0 Å². The lowest BCUT2D eigenvalue weighted by atomic mass is 10.1. The number of rotatable bonds is 1. The number of halogens is 4. The van der Waals surface area contributed by atoms with Gasteiger partial charge in [-0.15, -0.1) is 11.3 Å². The minimum atomic E-state index is -0.500. The molecule has 1 aromatic heterocycles. The molecular weight excluding hydrogens is 324 g/mol. The van der Waals surface area contributed by atoms with Gasteiger partial charge < -0.3 is 0 Å². The van der Waals surface area contributed by atoms with E-state index in [1.54, 1.807) is 5.38 Å². The molecule has 0 aliphatic heterocycles. The minimum absolute atomic E-state index is 0.000278. The molecule has 6 heteroatoms. The van der Waals surface area contributed by atoms with Gasteiger partial charge in [0, 0.05) is 10.9 Å². The second-order valence-corrected chi connectivity index (χ2v) is 5.62. The second kappa shape index (κ2) is 4.37. The fourth-order valence-electron chi connectivity index (χ4n) is 1.13. The Morgan fingerprint density at radius 1 is 1.33 bits per heavy atom. The van der Waals surface area contributed by atoms with Crippen LogP contribution in [0.25, 0.3) is 11.3 Å². The van der Waals surface area contributed by atoms with E-state index >= 15 is 0 Å². The third-order valence-corrected chi connectivity index (χ3v) is 3.83. The van der Waals surface area contributed by atoms with Crippen molar-refractivity contribution in [2.24, 2.45) is 0 Å². The van der Waals surface area contributed by atoms with Gasteiger partial charge in [0.25, 0.3) is 0 Å². The van der Waals surface area contributed by atoms with E-state index in [2.05, 4.69) is 20.9 Å². The Morgan fingerprint density at radius 3 is 2.67 bits per heavy atom. The van der Waals surface area contributed by atoms with Crippen LogP contribution in [0.2, 0.25) is 10.0 Å². The maximum Gasteiger partial charge on any atom is 0.159 e. The third-order valence-electron chi connectivity index (χ3n) is 1.78. The van der Waals surface area contributed by atoms with Crippen LogP contribution < -0.4 is 0 Å². The standard InChI is InChI=1S/C9H3BrCl2FNS/c10-9-14-6(3-15-9)7-4(11)1-2-5(13)8(7)12/h1-3H. The molecule has 0 atom stereocenters. The summed E-state index contributed by atoms with van der Waals surface area (Å²) in [6.45, 7) is 0. The molecule has 0 saturated carbocycles. The Bertz CT molecular complexity index is 515. The van der Waals surface area contributed by atoms with Gasteiger partial charge in [0.05, 0.1) is 15.7 Å². The largest absolute Gasteiger partial charge is 0.229 e. The first-order valence-corrected chi connectivity index (χ1v) is 6.27. The molecule has 0 saturated heterocycles. The smallest absolute Gasteiger partial charge is 0.159 e. The van der Waals surface area contributed by atoms with E-state index in [1.807, 2.05) is 0 Å². The van der Waals surface area contributed by atoms with Gasteiger partial charge in [-0.25, -0.2) is 9.37 Å². The zero-order valence-corrected chi connectivity index (χ0v) is 11.0. The third kappa shape index (κ3) is 2.18. The number of aromatic nitrogens is 1. The molecule has 78 valence electrons. The maximum absolute atomic E-state index is 13.2. The van der Waals surface area contributed by atoms with Gasteiger partial charge in [-0.2, -0.15) is 0 Å². The predicted molar refractivity (Wildman–Crippen MR) is 65.2 cm³/mol. The van der Waals surface area contributed by atoms with E-state index in [9.17, 15) is 4.39 Å². The number of benzene rings is 1. The van der Waals surface area contributed by atoms with Gasteiger partial charge in [-0.05, 0) is 28.1 Å². The summed E-state index contributed by atoms with van der Waals surface area (Å²) in [6, 6.07) is 2.70. The van der Waals surface area contributed by atoms with E-state index in [4.69, 9.17) is 23.2 Å². The average Bonchev–Trinajstić information content (AvgIpc) is 2.59. The fraction of sp³-hybridized carbons (Fsp3) is 0. The molecule has 1 heterocycles. The van der Waals surface area contributed by atoms with Crippen LogP contribution in [0.4, 0.5) is 4.39 Å². The van der Waals surface area contributed by atoms with Crippen molar-refractivity contribution < 1.29 is 4.39 Å². The maximum atomic E-state index is 13.2. The Balaban J connectivity index is 2.66. The molecule has 15 heavy (non-hydrogen) atoms. The van der Waals surface area contributed by atoms with Gasteiger partial charge >= 0.3 is 0 Å². The molecule has 0 spiro atoms. The van der Waals surface area contributed by atoms with Crippen LogP contribution in [0.5, 0.6) is 0 Å². The molecule has 0 aliphatic rings. The Morgan fingerprint density at radius 2 is 2.07 bits per heavy atom. The molecule has 1 aromatic carbocycles. The van der Waals surface area contributed by atoms with Crippen molar-refractivity contribution in [1.29, 1.82) is 0 Å². The van der Waals surface area contributed by atoms with Gasteiger partial charge in [0.2, 0.25) is 0 Å². The molecule has 0 amide bonds. The van der Waals surface area contributed by atoms with E-state index in [0.717, 1.165) is 0 Å². The van der Waals surface area contributed by atoms with Gasteiger partial charge in [0.1, 0.15) is 5.82 Å². The first-order chi connectivity index (χ1) is 7.09. The van der Waals surface area contributed by atoms with Gasteiger partial charge in [-0.1, -0.05) is 23.2 Å². The van der Waals surface area contributed by atoms with E-state index in [0.29, 0.717) is 20.2 Å². The molecule has 2 rings (SSSR count). The molecule has 2 aromatic rings. The highest BCUT2D eigenvalue weighted by Crippen LogP contribution is 2.37. The van der Waals surface area contributed by atoms with Crippen molar-refractivity contribution in [3.05, 3.63) is 37.3 Å². The summed E-state index contributed by atoms with van der Waals surface area (Å²) in [5.41, 5.74) is 1.00. The summed E-state index contributed by atoms with van der Waals surface area (Å²) >= 11 is 16.4. The zero-order chi connectivity index (χ0) is 11.0.